The number of alkyl halides is 3. The molecule has 1 unspecified atom stereocenters. The van der Waals surface area contributed by atoms with Crippen LogP contribution in [0.3, 0.4) is 0 Å². The van der Waals surface area contributed by atoms with E-state index in [1.807, 2.05) is 0 Å². The molecule has 2 nitrogen and oxygen atoms in total. The molecular formula is C10H8BrF3O2. The van der Waals surface area contributed by atoms with Gasteiger partial charge >= 0.3 is 12.1 Å². The van der Waals surface area contributed by atoms with Gasteiger partial charge in [-0.2, -0.15) is 13.2 Å². The predicted molar refractivity (Wildman–Crippen MR) is 55.2 cm³/mol. The zero-order valence-corrected chi connectivity index (χ0v) is 9.76. The van der Waals surface area contributed by atoms with Crippen LogP contribution in [0.1, 0.15) is 24.0 Å². The van der Waals surface area contributed by atoms with Gasteiger partial charge < -0.3 is 5.11 Å². The monoisotopic (exact) mass is 296 g/mol. The van der Waals surface area contributed by atoms with Gasteiger partial charge in [0.25, 0.3) is 0 Å². The van der Waals surface area contributed by atoms with Gasteiger partial charge in [0.2, 0.25) is 0 Å². The van der Waals surface area contributed by atoms with Crippen molar-refractivity contribution in [1.29, 1.82) is 0 Å². The predicted octanol–water partition coefficient (Wildman–Crippen LogP) is 3.66. The van der Waals surface area contributed by atoms with Gasteiger partial charge in [0, 0.05) is 4.47 Å². The van der Waals surface area contributed by atoms with Crippen LogP contribution >= 0.6 is 15.9 Å². The molecule has 88 valence electrons. The highest BCUT2D eigenvalue weighted by molar-refractivity contribution is 9.10. The fourth-order valence-electron chi connectivity index (χ4n) is 1.28. The normalized spacial score (nSPS) is 13.6. The van der Waals surface area contributed by atoms with Crippen LogP contribution in [0.2, 0.25) is 0 Å². The number of halogens is 4. The molecule has 1 N–H and O–H groups in total. The van der Waals surface area contributed by atoms with E-state index in [2.05, 4.69) is 15.9 Å². The Bertz CT molecular complexity index is 415. The first-order valence-corrected chi connectivity index (χ1v) is 5.12. The van der Waals surface area contributed by atoms with Crippen LogP contribution in [-0.4, -0.2) is 11.1 Å². The molecule has 0 fully saturated rings. The summed E-state index contributed by atoms with van der Waals surface area (Å²) in [4.78, 5) is 10.7. The summed E-state index contributed by atoms with van der Waals surface area (Å²) >= 11 is 2.93. The molecule has 0 saturated heterocycles. The van der Waals surface area contributed by atoms with Crippen molar-refractivity contribution in [2.75, 3.05) is 0 Å². The van der Waals surface area contributed by atoms with E-state index in [0.717, 1.165) is 6.07 Å². The van der Waals surface area contributed by atoms with Crippen LogP contribution in [0.25, 0.3) is 0 Å². The minimum Gasteiger partial charge on any atom is -0.481 e. The molecule has 0 aliphatic rings. The van der Waals surface area contributed by atoms with Gasteiger partial charge in [-0.25, -0.2) is 0 Å². The number of carboxylic acid groups (broad SMARTS) is 1. The molecule has 0 saturated carbocycles. The molecular weight excluding hydrogens is 289 g/mol. The number of rotatable bonds is 2. The van der Waals surface area contributed by atoms with Gasteiger partial charge in [0.15, 0.2) is 0 Å². The minimum absolute atomic E-state index is 0.233. The number of hydrogen-bond donors (Lipinski definition) is 1. The van der Waals surface area contributed by atoms with E-state index in [9.17, 15) is 18.0 Å². The first-order valence-electron chi connectivity index (χ1n) is 4.33. The molecule has 0 aliphatic carbocycles. The number of hydrogen-bond acceptors (Lipinski definition) is 1. The van der Waals surface area contributed by atoms with Gasteiger partial charge in [-0.05, 0) is 24.6 Å². The van der Waals surface area contributed by atoms with Crippen LogP contribution in [0, 0.1) is 0 Å². The maximum Gasteiger partial charge on any atom is 0.416 e. The van der Waals surface area contributed by atoms with Crippen molar-refractivity contribution in [1.82, 2.24) is 0 Å². The second-order valence-electron chi connectivity index (χ2n) is 3.29. The van der Waals surface area contributed by atoms with Gasteiger partial charge in [-0.3, -0.25) is 4.79 Å². The average Bonchev–Trinajstić information content (AvgIpc) is 2.15. The summed E-state index contributed by atoms with van der Waals surface area (Å²) in [7, 11) is 0. The second-order valence-corrected chi connectivity index (χ2v) is 4.20. The molecule has 0 spiro atoms. The molecule has 16 heavy (non-hydrogen) atoms. The van der Waals surface area contributed by atoms with E-state index in [1.54, 1.807) is 0 Å². The lowest BCUT2D eigenvalue weighted by atomic mass is 9.95. The third-order valence-electron chi connectivity index (χ3n) is 2.16. The zero-order valence-electron chi connectivity index (χ0n) is 8.18. The summed E-state index contributed by atoms with van der Waals surface area (Å²) < 4.78 is 38.2. The van der Waals surface area contributed by atoms with Crippen molar-refractivity contribution in [2.45, 2.75) is 19.0 Å². The Balaban J connectivity index is 3.34. The van der Waals surface area contributed by atoms with Crippen LogP contribution in [0.15, 0.2) is 22.7 Å². The molecule has 0 amide bonds. The molecule has 1 rings (SSSR count). The molecule has 0 bridgehead atoms. The highest BCUT2D eigenvalue weighted by Crippen LogP contribution is 2.36. The Labute approximate surface area is 98.2 Å². The Hall–Kier alpha value is -1.04. The summed E-state index contributed by atoms with van der Waals surface area (Å²) in [6.07, 6.45) is -4.55. The second kappa shape index (κ2) is 4.45. The van der Waals surface area contributed by atoms with E-state index >= 15 is 0 Å². The van der Waals surface area contributed by atoms with Crippen molar-refractivity contribution in [3.05, 3.63) is 33.8 Å². The molecule has 1 atom stereocenters. The summed E-state index contributed by atoms with van der Waals surface area (Å²) in [5.41, 5.74) is -1.15. The molecule has 0 aromatic heterocycles. The third-order valence-corrected chi connectivity index (χ3v) is 2.65. The summed E-state index contributed by atoms with van der Waals surface area (Å²) in [5.74, 6) is -2.47. The van der Waals surface area contributed by atoms with Crippen LogP contribution < -0.4 is 0 Å². The van der Waals surface area contributed by atoms with E-state index in [1.165, 1.54) is 19.1 Å². The Morgan fingerprint density at radius 3 is 2.44 bits per heavy atom. The standard InChI is InChI=1S/C10H8BrF3O2/c1-5(9(15)16)7-3-2-6(11)4-8(7)10(12,13)14/h2-5H,1H3,(H,15,16). The fourth-order valence-corrected chi connectivity index (χ4v) is 1.65. The molecule has 6 heteroatoms. The Kier molecular flexibility index (Phi) is 3.62. The van der Waals surface area contributed by atoms with Crippen molar-refractivity contribution in [2.24, 2.45) is 0 Å². The van der Waals surface area contributed by atoms with Gasteiger partial charge in [-0.15, -0.1) is 0 Å². The molecule has 0 heterocycles. The molecule has 1 aromatic carbocycles. The quantitative estimate of drug-likeness (QED) is 0.904. The lowest BCUT2D eigenvalue weighted by Gasteiger charge is -2.15. The number of benzene rings is 1. The third kappa shape index (κ3) is 2.75. The maximum absolute atomic E-state index is 12.6. The largest absolute Gasteiger partial charge is 0.481 e. The average molecular weight is 297 g/mol. The zero-order chi connectivity index (χ0) is 12.5. The van der Waals surface area contributed by atoms with E-state index < -0.39 is 23.6 Å². The highest BCUT2D eigenvalue weighted by atomic mass is 79.9. The maximum atomic E-state index is 12.6. The summed E-state index contributed by atoms with van der Waals surface area (Å²) in [6.45, 7) is 1.22. The Morgan fingerprint density at radius 2 is 2.00 bits per heavy atom. The SMILES string of the molecule is CC(C(=O)O)c1ccc(Br)cc1C(F)(F)F. The topological polar surface area (TPSA) is 37.3 Å². The Morgan fingerprint density at radius 1 is 1.44 bits per heavy atom. The summed E-state index contributed by atoms with van der Waals surface area (Å²) in [5, 5.41) is 8.72. The molecule has 0 aliphatic heterocycles. The van der Waals surface area contributed by atoms with Crippen LogP contribution in [0.4, 0.5) is 13.2 Å². The van der Waals surface area contributed by atoms with Crippen LogP contribution in [-0.2, 0) is 11.0 Å². The summed E-state index contributed by atoms with van der Waals surface area (Å²) in [6, 6.07) is 3.45. The smallest absolute Gasteiger partial charge is 0.416 e. The first kappa shape index (κ1) is 13.0. The van der Waals surface area contributed by atoms with Crippen molar-refractivity contribution < 1.29 is 23.1 Å². The lowest BCUT2D eigenvalue weighted by molar-refractivity contribution is -0.141. The van der Waals surface area contributed by atoms with Crippen LogP contribution in [0.5, 0.6) is 0 Å². The van der Waals surface area contributed by atoms with Crippen molar-refractivity contribution in [3.8, 4) is 0 Å². The van der Waals surface area contributed by atoms with Crippen molar-refractivity contribution in [3.63, 3.8) is 0 Å². The van der Waals surface area contributed by atoms with Gasteiger partial charge in [0.05, 0.1) is 11.5 Å². The lowest BCUT2D eigenvalue weighted by Crippen LogP contribution is -2.15. The molecule has 1 aromatic rings. The minimum atomic E-state index is -4.55. The number of aliphatic carboxylic acids is 1. The van der Waals surface area contributed by atoms with Crippen molar-refractivity contribution >= 4 is 21.9 Å². The van der Waals surface area contributed by atoms with Gasteiger partial charge in [0.1, 0.15) is 0 Å². The highest BCUT2D eigenvalue weighted by Gasteiger charge is 2.35. The molecule has 0 radical (unpaired) electrons. The number of carbonyl (C=O) groups is 1. The van der Waals surface area contributed by atoms with E-state index in [-0.39, 0.29) is 10.0 Å². The van der Waals surface area contributed by atoms with Gasteiger partial charge in [-0.1, -0.05) is 22.0 Å². The number of carboxylic acids is 1. The fraction of sp³-hybridized carbons (Fsp3) is 0.300. The van der Waals surface area contributed by atoms with E-state index in [4.69, 9.17) is 5.11 Å². The van der Waals surface area contributed by atoms with E-state index in [0.29, 0.717) is 0 Å². The first-order chi connectivity index (χ1) is 7.23.